The number of benzene rings is 2. The molecular weight excluding hydrogens is 806 g/mol. The molecule has 2 aromatic carbocycles. The van der Waals surface area contributed by atoms with E-state index < -0.39 is 47.4 Å². The maximum Gasteiger partial charge on any atom is 0.507 e. The molecule has 282 valence electrons. The Morgan fingerprint density at radius 1 is 0.562 bits per heavy atom. The van der Waals surface area contributed by atoms with Crippen LogP contribution in [-0.4, -0.2) is 71.2 Å². The Kier molecular flexibility index (Phi) is 31.5. The van der Waals surface area contributed by atoms with Crippen LogP contribution < -0.4 is 4.89 Å². The third-order valence-corrected chi connectivity index (χ3v) is 2.78. The third-order valence-electron chi connectivity index (χ3n) is 2.78. The first-order chi connectivity index (χ1) is 20.9. The van der Waals surface area contributed by atoms with Crippen molar-refractivity contribution in [3.8, 4) is 0 Å². The fourth-order valence-electron chi connectivity index (χ4n) is 1.82. The summed E-state index contributed by atoms with van der Waals surface area (Å²) in [5, 5.41) is 0. The standard InChI is InChI=1S/C17H18N.6FH2O3P/c1-2-18(17-13-7-4-8-14-17)15-9-12-16-10-5-3-6-11-16;6*1-5(2,3)4/h3-15H,2H2,1H3;6*(H2,2,3,4)/q+1;;;;;;/p-1. The number of halogens is 6. The van der Waals surface area contributed by atoms with Gasteiger partial charge >= 0.3 is 47.4 Å². The lowest BCUT2D eigenvalue weighted by Crippen LogP contribution is -2.04. The van der Waals surface area contributed by atoms with Crippen LogP contribution in [-0.2, 0) is 27.4 Å². The van der Waals surface area contributed by atoms with Gasteiger partial charge in [0.2, 0.25) is 5.69 Å². The zero-order chi connectivity index (χ0) is 39.6. The van der Waals surface area contributed by atoms with Crippen molar-refractivity contribution >= 4 is 65.4 Å². The van der Waals surface area contributed by atoms with Crippen LogP contribution in [0.25, 0.3) is 6.08 Å². The van der Waals surface area contributed by atoms with Crippen LogP contribution >= 0.6 is 47.4 Å². The van der Waals surface area contributed by atoms with Crippen LogP contribution in [0.5, 0.6) is 0 Å². The summed E-state index contributed by atoms with van der Waals surface area (Å²) in [5.41, 5.74) is 2.44. The molecule has 0 saturated carbocycles. The zero-order valence-electron chi connectivity index (χ0n) is 23.4. The molecule has 48 heavy (non-hydrogen) atoms. The smallest absolute Gasteiger partial charge is 0.507 e. The van der Waals surface area contributed by atoms with Crippen LogP contribution in [0.3, 0.4) is 0 Å². The largest absolute Gasteiger partial charge is 0.753 e. The Hall–Kier alpha value is -1.67. The molecule has 0 heterocycles. The minimum absolute atomic E-state index is 0.961. The average Bonchev–Trinajstić information content (AvgIpc) is 2.77. The molecule has 2 aromatic rings. The van der Waals surface area contributed by atoms with E-state index in [4.69, 9.17) is 86.1 Å². The second kappa shape index (κ2) is 27.1. The number of nitrogens with zero attached hydrogens (tertiary/aromatic N) is 1. The summed E-state index contributed by atoms with van der Waals surface area (Å²) in [6, 6.07) is 20.7. The maximum absolute atomic E-state index is 10.4. The highest BCUT2D eigenvalue weighted by Crippen LogP contribution is 2.36. The fraction of sp³-hybridized carbons (Fsp3) is 0.118. The predicted octanol–water partition coefficient (Wildman–Crippen LogP) is 3.79. The van der Waals surface area contributed by atoms with Crippen molar-refractivity contribution < 1.29 is 116 Å². The molecule has 2 rings (SSSR count). The highest BCUT2D eigenvalue weighted by atomic mass is 31.2. The molecule has 0 saturated heterocycles. The van der Waals surface area contributed by atoms with E-state index in [0.717, 1.165) is 6.54 Å². The summed E-state index contributed by atoms with van der Waals surface area (Å²) < 4.78 is 116. The monoisotopic (exact) mass is 835 g/mol. The summed E-state index contributed by atoms with van der Waals surface area (Å²) >= 11 is 0. The van der Waals surface area contributed by atoms with Gasteiger partial charge in [-0.2, -0.15) is 8.77 Å². The SMILES string of the molecule is CC[N+](=CC=Cc1ccccc1)c1ccccc1.O=P(O)(O)F.O=P(O)(O)F.O=P(O)(O)F.O=P(O)(O)F.O=P(O)(O)F.O=P([O-])(O)F. The quantitative estimate of drug-likeness (QED) is 0.0903. The fourth-order valence-corrected chi connectivity index (χ4v) is 1.82. The van der Waals surface area contributed by atoms with Gasteiger partial charge in [0.25, 0.3) is 0 Å². The van der Waals surface area contributed by atoms with Crippen molar-refractivity contribution in [2.45, 2.75) is 6.92 Å². The highest BCUT2D eigenvalue weighted by Gasteiger charge is 2.07. The number of rotatable bonds is 4. The van der Waals surface area contributed by atoms with Crippen molar-refractivity contribution in [1.29, 1.82) is 0 Å². The Labute approximate surface area is 267 Å². The van der Waals surface area contributed by atoms with E-state index >= 15 is 0 Å². The van der Waals surface area contributed by atoms with Crippen LogP contribution in [0.15, 0.2) is 66.7 Å². The number of para-hydroxylation sites is 1. The predicted molar refractivity (Wildman–Crippen MR) is 155 cm³/mol. The Bertz CT molecular complexity index is 1270. The first-order valence-corrected chi connectivity index (χ1v) is 19.8. The highest BCUT2D eigenvalue weighted by molar-refractivity contribution is 7.46. The molecular formula is C17H29F6NO18P6. The van der Waals surface area contributed by atoms with Crippen molar-refractivity contribution in [3.63, 3.8) is 0 Å². The van der Waals surface area contributed by atoms with Crippen molar-refractivity contribution in [2.24, 2.45) is 0 Å². The zero-order valence-corrected chi connectivity index (χ0v) is 28.8. The summed E-state index contributed by atoms with van der Waals surface area (Å²) in [7, 11) is -31.1. The van der Waals surface area contributed by atoms with Crippen LogP contribution in [0.2, 0.25) is 0 Å². The minimum atomic E-state index is -5.39. The molecule has 0 amide bonds. The van der Waals surface area contributed by atoms with Gasteiger partial charge in [0.15, 0.2) is 6.21 Å². The molecule has 1 atom stereocenters. The van der Waals surface area contributed by atoms with Crippen LogP contribution in [0.4, 0.5) is 30.9 Å². The van der Waals surface area contributed by atoms with Gasteiger partial charge in [-0.1, -0.05) is 48.5 Å². The summed E-state index contributed by atoms with van der Waals surface area (Å²) in [6.07, 6.45) is 6.32. The Balaban J connectivity index is -0.000000171. The molecule has 0 radical (unpaired) electrons. The normalized spacial score (nSPS) is 12.9. The molecule has 19 nitrogen and oxygen atoms in total. The molecule has 0 aliphatic carbocycles. The Morgan fingerprint density at radius 2 is 0.792 bits per heavy atom. The van der Waals surface area contributed by atoms with Gasteiger partial charge < -0.3 is 9.79 Å². The van der Waals surface area contributed by atoms with E-state index in [1.807, 2.05) is 12.1 Å². The first-order valence-electron chi connectivity index (χ1n) is 10.8. The van der Waals surface area contributed by atoms with Gasteiger partial charge in [0.1, 0.15) is 6.54 Å². The molecule has 0 spiro atoms. The molecule has 0 fully saturated rings. The van der Waals surface area contributed by atoms with E-state index in [0.29, 0.717) is 0 Å². The second-order valence-corrected chi connectivity index (χ2v) is 12.5. The maximum atomic E-state index is 10.4. The lowest BCUT2D eigenvalue weighted by Gasteiger charge is -1.97. The molecule has 0 bridgehead atoms. The van der Waals surface area contributed by atoms with E-state index in [1.54, 1.807) is 0 Å². The third kappa shape index (κ3) is 120. The van der Waals surface area contributed by atoms with Gasteiger partial charge in [-0.15, -0.1) is 21.0 Å². The van der Waals surface area contributed by atoms with Crippen molar-refractivity contribution in [1.82, 2.24) is 0 Å². The molecule has 0 aromatic heterocycles. The van der Waals surface area contributed by atoms with Gasteiger partial charge in [-0.25, -0.2) is 22.8 Å². The molecule has 0 aliphatic heterocycles. The first kappa shape index (κ1) is 55.7. The summed E-state index contributed by atoms with van der Waals surface area (Å²) in [6.45, 7) is 3.11. The second-order valence-electron chi connectivity index (χ2n) is 6.86. The topological polar surface area (TPSA) is 351 Å². The van der Waals surface area contributed by atoms with Gasteiger partial charge in [-0.05, 0) is 18.6 Å². The summed E-state index contributed by atoms with van der Waals surface area (Å²) in [5.74, 6) is 0. The average molecular weight is 835 g/mol. The van der Waals surface area contributed by atoms with E-state index in [2.05, 4.69) is 78.4 Å². The van der Waals surface area contributed by atoms with E-state index in [9.17, 15) is 25.2 Å². The van der Waals surface area contributed by atoms with E-state index in [1.165, 1.54) is 11.3 Å². The lowest BCUT2D eigenvalue weighted by molar-refractivity contribution is -0.430. The number of allylic oxidation sites excluding steroid dienone is 1. The Morgan fingerprint density at radius 3 is 1.02 bits per heavy atom. The van der Waals surface area contributed by atoms with Crippen LogP contribution in [0.1, 0.15) is 12.5 Å². The van der Waals surface area contributed by atoms with E-state index in [-0.39, 0.29) is 0 Å². The molecule has 0 aliphatic rings. The molecule has 11 N–H and O–H groups in total. The molecule has 1 unspecified atom stereocenters. The van der Waals surface area contributed by atoms with Crippen LogP contribution in [0, 0.1) is 0 Å². The lowest BCUT2D eigenvalue weighted by atomic mass is 10.2. The van der Waals surface area contributed by atoms with Gasteiger partial charge in [0.05, 0.1) is 0 Å². The van der Waals surface area contributed by atoms with Crippen molar-refractivity contribution in [3.05, 3.63) is 72.3 Å². The van der Waals surface area contributed by atoms with Gasteiger partial charge in [-0.3, -0.25) is 53.5 Å². The summed E-state index contributed by atoms with van der Waals surface area (Å²) in [4.78, 5) is 85.1. The number of hydrogen-bond donors (Lipinski definition) is 11. The van der Waals surface area contributed by atoms with Crippen molar-refractivity contribution in [2.75, 3.05) is 6.54 Å². The van der Waals surface area contributed by atoms with Gasteiger partial charge in [0, 0.05) is 18.2 Å². The minimum Gasteiger partial charge on any atom is -0.753 e. The molecule has 31 heteroatoms. The number of hydrogen-bond acceptors (Lipinski definition) is 7.